The molecule has 126 valence electrons. The molecule has 5 nitrogen and oxygen atoms in total. The molecule has 1 atom stereocenters. The van der Waals surface area contributed by atoms with Crippen molar-refractivity contribution in [2.45, 2.75) is 12.5 Å². The molecule has 2 aromatic rings. The number of aliphatic hydroxyl groups is 1. The van der Waals surface area contributed by atoms with Gasteiger partial charge in [0.1, 0.15) is 22.9 Å². The summed E-state index contributed by atoms with van der Waals surface area (Å²) in [6.07, 6.45) is -0.459. The topological polar surface area (TPSA) is 59.0 Å². The molecule has 1 N–H and O–H groups in total. The number of ether oxygens (including phenoxy) is 2. The Bertz CT molecular complexity index is 755. The Morgan fingerprint density at radius 1 is 1.21 bits per heavy atom. The molecule has 3 rings (SSSR count). The van der Waals surface area contributed by atoms with E-state index >= 15 is 0 Å². The molecule has 0 saturated carbocycles. The lowest BCUT2D eigenvalue weighted by molar-refractivity contribution is 0.0964. The van der Waals surface area contributed by atoms with Crippen LogP contribution in [0.2, 0.25) is 0 Å². The average molecular weight is 331 g/mol. The number of nitrogens with zero attached hydrogens (tertiary/aromatic N) is 1. The van der Waals surface area contributed by atoms with Gasteiger partial charge in [0, 0.05) is 17.8 Å². The lowest BCUT2D eigenvalue weighted by Gasteiger charge is -2.32. The lowest BCUT2D eigenvalue weighted by Crippen LogP contribution is -2.37. The fraction of sp³-hybridized carbons (Fsp3) is 0.278. The second kappa shape index (κ2) is 6.49. The van der Waals surface area contributed by atoms with E-state index in [2.05, 4.69) is 0 Å². The highest BCUT2D eigenvalue weighted by Crippen LogP contribution is 2.37. The standard InChI is InChI=1S/C18H18FNO4/c1-23-15-4-3-5-16(24-2)17(15)18(22)20-9-8-14(21)12-10-11(19)6-7-13(12)20/h3-7,10,14,21H,8-9H2,1-2H3. The zero-order valence-corrected chi connectivity index (χ0v) is 13.5. The van der Waals surface area contributed by atoms with Crippen LogP contribution in [-0.4, -0.2) is 31.8 Å². The van der Waals surface area contributed by atoms with Crippen LogP contribution in [0.1, 0.15) is 28.4 Å². The normalized spacial score (nSPS) is 16.5. The first-order chi connectivity index (χ1) is 11.6. The summed E-state index contributed by atoms with van der Waals surface area (Å²) in [7, 11) is 2.96. The zero-order chi connectivity index (χ0) is 17.3. The lowest BCUT2D eigenvalue weighted by atomic mass is 9.97. The number of anilines is 1. The van der Waals surface area contributed by atoms with Crippen molar-refractivity contribution in [3.05, 3.63) is 53.3 Å². The summed E-state index contributed by atoms with van der Waals surface area (Å²) < 4.78 is 24.1. The van der Waals surface area contributed by atoms with E-state index in [9.17, 15) is 14.3 Å². The molecule has 1 aliphatic heterocycles. The van der Waals surface area contributed by atoms with Crippen molar-refractivity contribution < 1.29 is 23.8 Å². The van der Waals surface area contributed by atoms with Crippen LogP contribution in [0.25, 0.3) is 0 Å². The average Bonchev–Trinajstić information content (AvgIpc) is 2.61. The van der Waals surface area contributed by atoms with Crippen molar-refractivity contribution in [2.75, 3.05) is 25.7 Å². The Morgan fingerprint density at radius 3 is 2.50 bits per heavy atom. The number of rotatable bonds is 3. The highest BCUT2D eigenvalue weighted by atomic mass is 19.1. The summed E-state index contributed by atoms with van der Waals surface area (Å²) in [5.41, 5.74) is 1.20. The molecule has 2 aromatic carbocycles. The van der Waals surface area contributed by atoms with Gasteiger partial charge in [0.25, 0.3) is 5.91 Å². The van der Waals surface area contributed by atoms with E-state index in [4.69, 9.17) is 9.47 Å². The number of amides is 1. The Kier molecular flexibility index (Phi) is 4.40. The van der Waals surface area contributed by atoms with Crippen molar-refractivity contribution >= 4 is 11.6 Å². The first kappa shape index (κ1) is 16.3. The summed E-state index contributed by atoms with van der Waals surface area (Å²) in [6.45, 7) is 0.319. The molecular formula is C18H18FNO4. The van der Waals surface area contributed by atoms with E-state index in [0.717, 1.165) is 0 Å². The molecule has 0 saturated heterocycles. The maximum atomic E-state index is 13.5. The number of fused-ring (bicyclic) bond motifs is 1. The summed E-state index contributed by atoms with van der Waals surface area (Å²) >= 11 is 0. The number of hydrogen-bond acceptors (Lipinski definition) is 4. The monoisotopic (exact) mass is 331 g/mol. The third-order valence-corrected chi connectivity index (χ3v) is 4.15. The van der Waals surface area contributed by atoms with Crippen LogP contribution in [0.15, 0.2) is 36.4 Å². The van der Waals surface area contributed by atoms with Gasteiger partial charge in [0.15, 0.2) is 0 Å². The smallest absolute Gasteiger partial charge is 0.265 e. The molecule has 1 amide bonds. The zero-order valence-electron chi connectivity index (χ0n) is 13.5. The van der Waals surface area contributed by atoms with Gasteiger partial charge in [0.05, 0.1) is 20.3 Å². The van der Waals surface area contributed by atoms with Gasteiger partial charge in [-0.15, -0.1) is 0 Å². The van der Waals surface area contributed by atoms with Crippen LogP contribution in [0.3, 0.4) is 0 Å². The number of benzene rings is 2. The Morgan fingerprint density at radius 2 is 1.88 bits per heavy atom. The maximum absolute atomic E-state index is 13.5. The SMILES string of the molecule is COc1cccc(OC)c1C(=O)N1CCC(O)c2cc(F)ccc21. The second-order valence-corrected chi connectivity index (χ2v) is 5.50. The van der Waals surface area contributed by atoms with Gasteiger partial charge >= 0.3 is 0 Å². The van der Waals surface area contributed by atoms with Crippen LogP contribution in [0.5, 0.6) is 11.5 Å². The largest absolute Gasteiger partial charge is 0.496 e. The molecular weight excluding hydrogens is 313 g/mol. The molecule has 0 aliphatic carbocycles. The van der Waals surface area contributed by atoms with Gasteiger partial charge in [-0.1, -0.05) is 6.07 Å². The fourth-order valence-electron chi connectivity index (χ4n) is 2.97. The van der Waals surface area contributed by atoms with E-state index in [1.165, 1.54) is 37.3 Å². The Hall–Kier alpha value is -2.60. The van der Waals surface area contributed by atoms with Crippen molar-refractivity contribution in [3.63, 3.8) is 0 Å². The minimum absolute atomic E-state index is 0.300. The van der Waals surface area contributed by atoms with Crippen LogP contribution in [0.4, 0.5) is 10.1 Å². The van der Waals surface area contributed by atoms with E-state index in [1.807, 2.05) is 0 Å². The van der Waals surface area contributed by atoms with Crippen molar-refractivity contribution in [1.29, 1.82) is 0 Å². The molecule has 1 aliphatic rings. The van der Waals surface area contributed by atoms with Crippen molar-refractivity contribution in [1.82, 2.24) is 0 Å². The van der Waals surface area contributed by atoms with Gasteiger partial charge < -0.3 is 19.5 Å². The molecule has 1 unspecified atom stereocenters. The predicted octanol–water partition coefficient (Wildman–Crippen LogP) is 2.93. The third kappa shape index (κ3) is 2.69. The number of halogens is 1. The predicted molar refractivity (Wildman–Crippen MR) is 87.2 cm³/mol. The number of aliphatic hydroxyl groups excluding tert-OH is 1. The van der Waals surface area contributed by atoms with E-state index in [1.54, 1.807) is 18.2 Å². The molecule has 0 fully saturated rings. The highest BCUT2D eigenvalue weighted by Gasteiger charge is 2.31. The van der Waals surface area contributed by atoms with Crippen LogP contribution >= 0.6 is 0 Å². The number of carbonyl (C=O) groups is 1. The van der Waals surface area contributed by atoms with Gasteiger partial charge in [-0.05, 0) is 36.8 Å². The quantitative estimate of drug-likeness (QED) is 0.939. The van der Waals surface area contributed by atoms with Crippen LogP contribution in [-0.2, 0) is 0 Å². The Balaban J connectivity index is 2.08. The summed E-state index contributed by atoms with van der Waals surface area (Å²) in [5, 5.41) is 10.1. The molecule has 0 aromatic heterocycles. The molecule has 1 heterocycles. The molecule has 0 bridgehead atoms. The minimum atomic E-state index is -0.792. The summed E-state index contributed by atoms with van der Waals surface area (Å²) in [4.78, 5) is 14.6. The van der Waals surface area contributed by atoms with E-state index < -0.39 is 11.9 Å². The van der Waals surface area contributed by atoms with Gasteiger partial charge in [-0.2, -0.15) is 0 Å². The van der Waals surface area contributed by atoms with Crippen LogP contribution < -0.4 is 14.4 Å². The second-order valence-electron chi connectivity index (χ2n) is 5.50. The van der Waals surface area contributed by atoms with E-state index in [0.29, 0.717) is 41.3 Å². The van der Waals surface area contributed by atoms with Gasteiger partial charge in [-0.3, -0.25) is 4.79 Å². The summed E-state index contributed by atoms with van der Waals surface area (Å²) in [5.74, 6) is 0.0318. The number of methoxy groups -OCH3 is 2. The minimum Gasteiger partial charge on any atom is -0.496 e. The first-order valence-electron chi connectivity index (χ1n) is 7.57. The molecule has 0 radical (unpaired) electrons. The number of hydrogen-bond donors (Lipinski definition) is 1. The first-order valence-corrected chi connectivity index (χ1v) is 7.57. The number of carbonyl (C=O) groups excluding carboxylic acids is 1. The summed E-state index contributed by atoms with van der Waals surface area (Å²) in [6, 6.07) is 9.14. The Labute approximate surface area is 139 Å². The van der Waals surface area contributed by atoms with Crippen molar-refractivity contribution in [2.24, 2.45) is 0 Å². The van der Waals surface area contributed by atoms with Crippen LogP contribution in [0, 0.1) is 5.82 Å². The molecule has 0 spiro atoms. The highest BCUT2D eigenvalue weighted by molar-refractivity contribution is 6.10. The molecule has 6 heteroatoms. The fourth-order valence-corrected chi connectivity index (χ4v) is 2.97. The van der Waals surface area contributed by atoms with Gasteiger partial charge in [0.2, 0.25) is 0 Å². The van der Waals surface area contributed by atoms with E-state index in [-0.39, 0.29) is 5.91 Å². The third-order valence-electron chi connectivity index (χ3n) is 4.15. The maximum Gasteiger partial charge on any atom is 0.265 e. The van der Waals surface area contributed by atoms with Crippen molar-refractivity contribution in [3.8, 4) is 11.5 Å². The molecule has 24 heavy (non-hydrogen) atoms. The van der Waals surface area contributed by atoms with Gasteiger partial charge in [-0.25, -0.2) is 4.39 Å².